The zero-order valence-corrected chi connectivity index (χ0v) is 16.6. The molecule has 0 amide bonds. The lowest BCUT2D eigenvalue weighted by Gasteiger charge is -2.12. The van der Waals surface area contributed by atoms with E-state index in [2.05, 4.69) is 27.6 Å². The van der Waals surface area contributed by atoms with Gasteiger partial charge < -0.3 is 15.4 Å². The summed E-state index contributed by atoms with van der Waals surface area (Å²) in [5.74, 6) is 1.70. The molecule has 0 unspecified atom stereocenters. The van der Waals surface area contributed by atoms with Gasteiger partial charge in [-0.05, 0) is 31.0 Å². The van der Waals surface area contributed by atoms with E-state index in [-0.39, 0.29) is 24.0 Å². The maximum Gasteiger partial charge on any atom is 0.191 e. The van der Waals surface area contributed by atoms with Gasteiger partial charge >= 0.3 is 0 Å². The van der Waals surface area contributed by atoms with Crippen LogP contribution in [0.3, 0.4) is 0 Å². The van der Waals surface area contributed by atoms with Crippen molar-refractivity contribution >= 4 is 29.9 Å². The Labute approximate surface area is 160 Å². The van der Waals surface area contributed by atoms with Gasteiger partial charge in [-0.15, -0.1) is 24.0 Å². The Morgan fingerprint density at radius 2 is 2.04 bits per heavy atom. The first-order chi connectivity index (χ1) is 11.3. The molecule has 6 nitrogen and oxygen atoms in total. The molecule has 0 fully saturated rings. The van der Waals surface area contributed by atoms with Gasteiger partial charge in [0.2, 0.25) is 0 Å². The standard InChI is InChI=1S/C17H25N5O.HI/c1-3-18-17(19-10-9-15-13-21-22(2)14-15)20-11-12-23-16-7-5-4-6-8-16;/h4-8,13-14H,3,9-12H2,1-2H3,(H2,18,19,20);1H. The molecule has 2 N–H and O–H groups in total. The highest BCUT2D eigenvalue weighted by molar-refractivity contribution is 14.0. The van der Waals surface area contributed by atoms with Crippen LogP contribution in [-0.4, -0.2) is 42.0 Å². The van der Waals surface area contributed by atoms with Crippen molar-refractivity contribution in [1.29, 1.82) is 0 Å². The summed E-state index contributed by atoms with van der Waals surface area (Å²) < 4.78 is 7.46. The minimum Gasteiger partial charge on any atom is -0.492 e. The van der Waals surface area contributed by atoms with Crippen LogP contribution in [0.4, 0.5) is 0 Å². The van der Waals surface area contributed by atoms with Crippen LogP contribution in [0.5, 0.6) is 5.75 Å². The van der Waals surface area contributed by atoms with Gasteiger partial charge in [0.05, 0.1) is 12.7 Å². The Morgan fingerprint density at radius 3 is 2.71 bits per heavy atom. The maximum absolute atomic E-state index is 5.65. The molecule has 0 aliphatic rings. The summed E-state index contributed by atoms with van der Waals surface area (Å²) >= 11 is 0. The lowest BCUT2D eigenvalue weighted by molar-refractivity contribution is 0.322. The lowest BCUT2D eigenvalue weighted by Crippen LogP contribution is -2.39. The van der Waals surface area contributed by atoms with Crippen molar-refractivity contribution in [2.45, 2.75) is 13.3 Å². The van der Waals surface area contributed by atoms with Gasteiger partial charge in [-0.2, -0.15) is 5.10 Å². The largest absolute Gasteiger partial charge is 0.492 e. The molecule has 1 heterocycles. The molecule has 2 aromatic rings. The number of halogens is 1. The molecule has 0 radical (unpaired) electrons. The van der Waals surface area contributed by atoms with Gasteiger partial charge in [-0.25, -0.2) is 0 Å². The third-order valence-corrected chi connectivity index (χ3v) is 3.18. The SMILES string of the molecule is CCNC(=NCCc1cnn(C)c1)NCCOc1ccccc1.I. The fraction of sp³-hybridized carbons (Fsp3) is 0.412. The molecule has 0 saturated heterocycles. The summed E-state index contributed by atoms with van der Waals surface area (Å²) in [6, 6.07) is 9.81. The summed E-state index contributed by atoms with van der Waals surface area (Å²) in [6.45, 7) is 4.91. The number of nitrogens with one attached hydrogen (secondary N) is 2. The molecule has 132 valence electrons. The van der Waals surface area contributed by atoms with Gasteiger partial charge in [0.25, 0.3) is 0 Å². The first kappa shape index (κ1) is 20.3. The van der Waals surface area contributed by atoms with E-state index in [1.807, 2.05) is 54.5 Å². The van der Waals surface area contributed by atoms with Crippen LogP contribution in [0, 0.1) is 0 Å². The Morgan fingerprint density at radius 1 is 1.25 bits per heavy atom. The minimum atomic E-state index is 0. The first-order valence-electron chi connectivity index (χ1n) is 7.95. The summed E-state index contributed by atoms with van der Waals surface area (Å²) in [4.78, 5) is 4.56. The number of rotatable bonds is 8. The number of benzene rings is 1. The highest BCUT2D eigenvalue weighted by atomic mass is 127. The molecule has 0 spiro atoms. The molecule has 1 aromatic heterocycles. The van der Waals surface area contributed by atoms with Crippen molar-refractivity contribution in [3.8, 4) is 5.75 Å². The molecule has 0 atom stereocenters. The molecule has 0 aliphatic heterocycles. The molecule has 2 rings (SSSR count). The Balaban J connectivity index is 0.00000288. The first-order valence-corrected chi connectivity index (χ1v) is 7.95. The average molecular weight is 443 g/mol. The maximum atomic E-state index is 5.65. The van der Waals surface area contributed by atoms with Crippen molar-refractivity contribution in [2.75, 3.05) is 26.2 Å². The predicted molar refractivity (Wildman–Crippen MR) is 108 cm³/mol. The number of ether oxygens (including phenoxy) is 1. The number of aliphatic imine (C=N–C) groups is 1. The molecule has 24 heavy (non-hydrogen) atoms. The second-order valence-electron chi connectivity index (χ2n) is 5.12. The summed E-state index contributed by atoms with van der Waals surface area (Å²) in [5.41, 5.74) is 1.19. The molecule has 0 bridgehead atoms. The molecule has 0 aliphatic carbocycles. The topological polar surface area (TPSA) is 63.5 Å². The van der Waals surface area contributed by atoms with Crippen LogP contribution in [0.25, 0.3) is 0 Å². The van der Waals surface area contributed by atoms with Crippen molar-refractivity contribution in [2.24, 2.45) is 12.0 Å². The van der Waals surface area contributed by atoms with E-state index in [4.69, 9.17) is 4.74 Å². The van der Waals surface area contributed by atoms with Gasteiger partial charge in [0.1, 0.15) is 12.4 Å². The van der Waals surface area contributed by atoms with Gasteiger partial charge in [0, 0.05) is 26.3 Å². The van der Waals surface area contributed by atoms with Crippen LogP contribution < -0.4 is 15.4 Å². The summed E-state index contributed by atoms with van der Waals surface area (Å²) in [5, 5.41) is 10.7. The average Bonchev–Trinajstić information content (AvgIpc) is 2.98. The van der Waals surface area contributed by atoms with Crippen LogP contribution in [0.1, 0.15) is 12.5 Å². The number of guanidine groups is 1. The van der Waals surface area contributed by atoms with E-state index in [0.717, 1.165) is 31.2 Å². The molecule has 7 heteroatoms. The van der Waals surface area contributed by atoms with Crippen molar-refractivity contribution in [1.82, 2.24) is 20.4 Å². The number of aryl methyl sites for hydroxylation is 1. The number of para-hydroxylation sites is 1. The Bertz CT molecular complexity index is 600. The lowest BCUT2D eigenvalue weighted by atomic mass is 10.3. The molecule has 1 aromatic carbocycles. The second-order valence-corrected chi connectivity index (χ2v) is 5.12. The number of nitrogens with zero attached hydrogens (tertiary/aromatic N) is 3. The molecule has 0 saturated carbocycles. The fourth-order valence-electron chi connectivity index (χ4n) is 2.09. The van der Waals surface area contributed by atoms with E-state index in [0.29, 0.717) is 13.2 Å². The zero-order chi connectivity index (χ0) is 16.3. The summed E-state index contributed by atoms with van der Waals surface area (Å²) in [6.07, 6.45) is 4.78. The van der Waals surface area contributed by atoms with Crippen LogP contribution in [0.2, 0.25) is 0 Å². The van der Waals surface area contributed by atoms with Gasteiger partial charge in [0.15, 0.2) is 5.96 Å². The minimum absolute atomic E-state index is 0. The normalized spacial score (nSPS) is 10.8. The number of hydrogen-bond donors (Lipinski definition) is 2. The van der Waals surface area contributed by atoms with Crippen molar-refractivity contribution in [3.05, 3.63) is 48.3 Å². The van der Waals surface area contributed by atoms with E-state index in [1.165, 1.54) is 5.56 Å². The molecular formula is C17H26IN5O. The Kier molecular flexibility index (Phi) is 9.90. The van der Waals surface area contributed by atoms with Crippen LogP contribution >= 0.6 is 24.0 Å². The third kappa shape index (κ3) is 7.67. The van der Waals surface area contributed by atoms with E-state index in [9.17, 15) is 0 Å². The van der Waals surface area contributed by atoms with Gasteiger partial charge in [-0.3, -0.25) is 9.67 Å². The quantitative estimate of drug-likeness (QED) is 0.284. The van der Waals surface area contributed by atoms with Crippen molar-refractivity contribution in [3.63, 3.8) is 0 Å². The smallest absolute Gasteiger partial charge is 0.191 e. The number of aromatic nitrogens is 2. The van der Waals surface area contributed by atoms with Gasteiger partial charge in [-0.1, -0.05) is 18.2 Å². The van der Waals surface area contributed by atoms with E-state index < -0.39 is 0 Å². The predicted octanol–water partition coefficient (Wildman–Crippen LogP) is 2.21. The summed E-state index contributed by atoms with van der Waals surface area (Å²) in [7, 11) is 1.92. The van der Waals surface area contributed by atoms with Crippen LogP contribution in [-0.2, 0) is 13.5 Å². The Hall–Kier alpha value is -1.77. The van der Waals surface area contributed by atoms with E-state index in [1.54, 1.807) is 0 Å². The van der Waals surface area contributed by atoms with Crippen LogP contribution in [0.15, 0.2) is 47.7 Å². The highest BCUT2D eigenvalue weighted by Gasteiger charge is 1.99. The van der Waals surface area contributed by atoms with Crippen molar-refractivity contribution < 1.29 is 4.74 Å². The highest BCUT2D eigenvalue weighted by Crippen LogP contribution is 2.07. The number of hydrogen-bond acceptors (Lipinski definition) is 3. The monoisotopic (exact) mass is 443 g/mol. The molecular weight excluding hydrogens is 417 g/mol. The fourth-order valence-corrected chi connectivity index (χ4v) is 2.09. The van der Waals surface area contributed by atoms with E-state index >= 15 is 0 Å². The third-order valence-electron chi connectivity index (χ3n) is 3.18. The second kappa shape index (κ2) is 11.7. The zero-order valence-electron chi connectivity index (χ0n) is 14.2.